The van der Waals surface area contributed by atoms with Gasteiger partial charge in [-0.15, -0.1) is 0 Å². The van der Waals surface area contributed by atoms with Crippen molar-refractivity contribution in [2.24, 2.45) is 0 Å². The number of anilines is 2. The van der Waals surface area contributed by atoms with Gasteiger partial charge in [0.2, 0.25) is 11.9 Å². The van der Waals surface area contributed by atoms with Gasteiger partial charge in [0.15, 0.2) is 5.82 Å². The van der Waals surface area contributed by atoms with Gasteiger partial charge < -0.3 is 25.4 Å². The van der Waals surface area contributed by atoms with Crippen LogP contribution in [0.2, 0.25) is 5.02 Å². The second-order valence-electron chi connectivity index (χ2n) is 8.65. The van der Waals surface area contributed by atoms with Crippen molar-refractivity contribution >= 4 is 40.3 Å². The quantitative estimate of drug-likeness (QED) is 0.325. The van der Waals surface area contributed by atoms with E-state index in [0.29, 0.717) is 52.4 Å². The average Bonchev–Trinajstić information content (AvgIpc) is 2.84. The molecular formula is C25H33ClN6O3. The van der Waals surface area contributed by atoms with Crippen LogP contribution in [0.25, 0.3) is 11.0 Å². The average molecular weight is 501 g/mol. The number of pyridine rings is 1. The molecule has 2 heterocycles. The largest absolute Gasteiger partial charge is 0.497 e. The number of ether oxygens (including phenoxy) is 2. The third kappa shape index (κ3) is 7.08. The summed E-state index contributed by atoms with van der Waals surface area (Å²) < 4.78 is 10.8. The molecule has 9 nitrogen and oxygen atoms in total. The van der Waals surface area contributed by atoms with Crippen molar-refractivity contribution in [2.75, 3.05) is 31.4 Å². The fourth-order valence-corrected chi connectivity index (χ4v) is 3.85. The summed E-state index contributed by atoms with van der Waals surface area (Å²) in [7, 11) is 3.23. The van der Waals surface area contributed by atoms with Gasteiger partial charge in [-0.1, -0.05) is 31.4 Å². The van der Waals surface area contributed by atoms with E-state index >= 15 is 0 Å². The first-order valence-electron chi connectivity index (χ1n) is 11.6. The zero-order chi connectivity index (χ0) is 25.4. The van der Waals surface area contributed by atoms with Crippen LogP contribution in [0.3, 0.4) is 0 Å². The predicted octanol–water partition coefficient (Wildman–Crippen LogP) is 4.80. The number of fused-ring (bicyclic) bond motifs is 1. The summed E-state index contributed by atoms with van der Waals surface area (Å²) in [5.41, 5.74) is 1.71. The highest BCUT2D eigenvalue weighted by Crippen LogP contribution is 2.28. The molecule has 10 heteroatoms. The van der Waals surface area contributed by atoms with Crippen molar-refractivity contribution in [3.8, 4) is 11.5 Å². The fraction of sp³-hybridized carbons (Fsp3) is 0.440. The zero-order valence-electron chi connectivity index (χ0n) is 20.9. The number of methoxy groups -OCH3 is 2. The molecule has 1 aromatic carbocycles. The number of amides is 1. The fourth-order valence-electron chi connectivity index (χ4n) is 3.70. The van der Waals surface area contributed by atoms with E-state index in [1.165, 1.54) is 6.92 Å². The first-order chi connectivity index (χ1) is 16.8. The van der Waals surface area contributed by atoms with E-state index in [0.717, 1.165) is 24.8 Å². The second kappa shape index (κ2) is 11.9. The Morgan fingerprint density at radius 2 is 1.97 bits per heavy atom. The molecule has 0 spiro atoms. The van der Waals surface area contributed by atoms with Gasteiger partial charge in [-0.3, -0.25) is 4.79 Å². The standard InChI is InChI=1S/C25H33ClN6O3/c1-6-7-10-25(3,15-29-16(2)33)32-23-22-20(11-18(26)14-27-22)30-24(31-23)28-13-17-8-9-19(34-4)12-21(17)35-5/h8-9,11-12,14H,6-7,10,13,15H2,1-5H3,(H,29,33)(H2,28,30,31,32). The highest BCUT2D eigenvalue weighted by Gasteiger charge is 2.26. The molecule has 0 radical (unpaired) electrons. The van der Waals surface area contributed by atoms with Crippen LogP contribution >= 0.6 is 11.6 Å². The molecule has 0 bridgehead atoms. The van der Waals surface area contributed by atoms with E-state index in [4.69, 9.17) is 26.1 Å². The molecular weight excluding hydrogens is 468 g/mol. The Balaban J connectivity index is 1.94. The molecule has 0 aliphatic rings. The Morgan fingerprint density at radius 1 is 1.17 bits per heavy atom. The number of hydrogen-bond donors (Lipinski definition) is 3. The molecule has 3 aromatic rings. The van der Waals surface area contributed by atoms with Crippen LogP contribution in [0, 0.1) is 0 Å². The maximum Gasteiger partial charge on any atom is 0.225 e. The number of nitrogens with one attached hydrogen (secondary N) is 3. The van der Waals surface area contributed by atoms with Crippen LogP contribution in [-0.4, -0.2) is 47.2 Å². The smallest absolute Gasteiger partial charge is 0.225 e. The Kier molecular flexibility index (Phi) is 8.92. The summed E-state index contributed by atoms with van der Waals surface area (Å²) in [6.45, 7) is 6.60. The molecule has 0 saturated carbocycles. The van der Waals surface area contributed by atoms with Gasteiger partial charge in [0.1, 0.15) is 17.0 Å². The number of rotatable bonds is 12. The number of carbonyl (C=O) groups is 1. The van der Waals surface area contributed by atoms with Gasteiger partial charge >= 0.3 is 0 Å². The monoisotopic (exact) mass is 500 g/mol. The number of hydrogen-bond acceptors (Lipinski definition) is 8. The normalized spacial score (nSPS) is 12.6. The lowest BCUT2D eigenvalue weighted by molar-refractivity contribution is -0.119. The summed E-state index contributed by atoms with van der Waals surface area (Å²) in [4.78, 5) is 25.5. The summed E-state index contributed by atoms with van der Waals surface area (Å²) in [5.74, 6) is 2.32. The minimum absolute atomic E-state index is 0.0808. The van der Waals surface area contributed by atoms with Gasteiger partial charge in [0.05, 0.1) is 30.3 Å². The number of carbonyl (C=O) groups excluding carboxylic acids is 1. The van der Waals surface area contributed by atoms with Crippen LogP contribution < -0.4 is 25.4 Å². The molecule has 35 heavy (non-hydrogen) atoms. The zero-order valence-corrected chi connectivity index (χ0v) is 21.6. The Labute approximate surface area is 211 Å². The molecule has 2 aromatic heterocycles. The minimum atomic E-state index is -0.430. The molecule has 0 fully saturated rings. The van der Waals surface area contributed by atoms with Crippen LogP contribution in [0.15, 0.2) is 30.5 Å². The maximum atomic E-state index is 11.6. The SMILES string of the molecule is CCCCC(C)(CNC(C)=O)Nc1nc(NCc2ccc(OC)cc2OC)nc2cc(Cl)cnc12. The predicted molar refractivity (Wildman–Crippen MR) is 139 cm³/mol. The summed E-state index contributed by atoms with van der Waals surface area (Å²) >= 11 is 6.21. The summed E-state index contributed by atoms with van der Waals surface area (Å²) in [6.07, 6.45) is 4.44. The van der Waals surface area contributed by atoms with Crippen molar-refractivity contribution in [1.29, 1.82) is 0 Å². The van der Waals surface area contributed by atoms with Crippen molar-refractivity contribution in [2.45, 2.75) is 52.1 Å². The Morgan fingerprint density at radius 3 is 2.66 bits per heavy atom. The van der Waals surface area contributed by atoms with Crippen LogP contribution in [0.4, 0.5) is 11.8 Å². The molecule has 0 saturated heterocycles. The molecule has 188 valence electrons. The van der Waals surface area contributed by atoms with Crippen LogP contribution in [0.1, 0.15) is 45.6 Å². The van der Waals surface area contributed by atoms with Gasteiger partial charge in [-0.25, -0.2) is 9.97 Å². The van der Waals surface area contributed by atoms with Crippen molar-refractivity contribution in [3.63, 3.8) is 0 Å². The van der Waals surface area contributed by atoms with E-state index in [1.54, 1.807) is 26.5 Å². The number of unbranched alkanes of at least 4 members (excludes halogenated alkanes) is 1. The minimum Gasteiger partial charge on any atom is -0.497 e. The number of nitrogens with zero attached hydrogens (tertiary/aromatic N) is 3. The molecule has 3 rings (SSSR count). The van der Waals surface area contributed by atoms with Crippen molar-refractivity contribution in [1.82, 2.24) is 20.3 Å². The van der Waals surface area contributed by atoms with E-state index in [2.05, 4.69) is 39.8 Å². The van der Waals surface area contributed by atoms with Crippen LogP contribution in [-0.2, 0) is 11.3 Å². The molecule has 1 unspecified atom stereocenters. The molecule has 3 N–H and O–H groups in total. The highest BCUT2D eigenvalue weighted by molar-refractivity contribution is 6.31. The topological polar surface area (TPSA) is 110 Å². The summed E-state index contributed by atoms with van der Waals surface area (Å²) in [5, 5.41) is 10.2. The van der Waals surface area contributed by atoms with Gasteiger partial charge in [-0.05, 0) is 31.5 Å². The second-order valence-corrected chi connectivity index (χ2v) is 9.08. The number of halogens is 1. The first kappa shape index (κ1) is 26.3. The number of aromatic nitrogens is 3. The maximum absolute atomic E-state index is 11.6. The van der Waals surface area contributed by atoms with Gasteiger partial charge in [0, 0.05) is 37.8 Å². The van der Waals surface area contributed by atoms with Gasteiger partial charge in [-0.2, -0.15) is 4.98 Å². The Bertz CT molecular complexity index is 1180. The van der Waals surface area contributed by atoms with Crippen molar-refractivity contribution < 1.29 is 14.3 Å². The molecule has 0 aliphatic heterocycles. The van der Waals surface area contributed by atoms with Crippen molar-refractivity contribution in [3.05, 3.63) is 41.0 Å². The van der Waals surface area contributed by atoms with E-state index in [-0.39, 0.29) is 5.91 Å². The summed E-state index contributed by atoms with van der Waals surface area (Å²) in [6, 6.07) is 7.39. The lowest BCUT2D eigenvalue weighted by atomic mass is 9.94. The lowest BCUT2D eigenvalue weighted by Crippen LogP contribution is -2.46. The Hall–Kier alpha value is -3.33. The van der Waals surface area contributed by atoms with E-state index in [9.17, 15) is 4.79 Å². The van der Waals surface area contributed by atoms with Gasteiger partial charge in [0.25, 0.3) is 0 Å². The molecule has 1 atom stereocenters. The third-order valence-corrected chi connectivity index (χ3v) is 5.87. The molecule has 0 aliphatic carbocycles. The first-order valence-corrected chi connectivity index (χ1v) is 12.0. The van der Waals surface area contributed by atoms with E-state index in [1.807, 2.05) is 18.2 Å². The third-order valence-electron chi connectivity index (χ3n) is 5.66. The highest BCUT2D eigenvalue weighted by atomic mass is 35.5. The van der Waals surface area contributed by atoms with E-state index < -0.39 is 5.54 Å². The lowest BCUT2D eigenvalue weighted by Gasteiger charge is -2.32. The number of benzene rings is 1. The molecule has 1 amide bonds. The van der Waals surface area contributed by atoms with Crippen LogP contribution in [0.5, 0.6) is 11.5 Å².